The molecule has 0 saturated heterocycles. The van der Waals surface area contributed by atoms with Gasteiger partial charge < -0.3 is 10.4 Å². The highest BCUT2D eigenvalue weighted by molar-refractivity contribution is 7.13. The number of aromatic nitrogens is 1. The fraction of sp³-hybridized carbons (Fsp3) is 0.444. The number of amides is 1. The second-order valence-electron chi connectivity index (χ2n) is 6.23. The molecule has 2 N–H and O–H groups in total. The normalized spacial score (nSPS) is 21.1. The Balaban J connectivity index is 1.64. The van der Waals surface area contributed by atoms with E-state index >= 15 is 0 Å². The summed E-state index contributed by atoms with van der Waals surface area (Å²) < 4.78 is 0. The van der Waals surface area contributed by atoms with E-state index < -0.39 is 0 Å². The first-order valence-corrected chi connectivity index (χ1v) is 8.98. The fourth-order valence-electron chi connectivity index (χ4n) is 3.06. The molecule has 1 aliphatic rings. The number of carbonyl (C=O) groups excluding carboxylic acids is 1. The van der Waals surface area contributed by atoms with Crippen molar-refractivity contribution in [3.05, 3.63) is 40.9 Å². The maximum absolute atomic E-state index is 12.4. The zero-order chi connectivity index (χ0) is 16.2. The summed E-state index contributed by atoms with van der Waals surface area (Å²) in [5, 5.41) is 15.0. The number of hydrogen-bond acceptors (Lipinski definition) is 4. The second-order valence-corrected chi connectivity index (χ2v) is 7.08. The van der Waals surface area contributed by atoms with Crippen molar-refractivity contribution in [1.29, 1.82) is 0 Å². The average Bonchev–Trinajstić information content (AvgIpc) is 3.06. The minimum Gasteiger partial charge on any atom is -0.396 e. The van der Waals surface area contributed by atoms with Crippen molar-refractivity contribution in [2.75, 3.05) is 6.61 Å². The maximum Gasteiger partial charge on any atom is 0.270 e. The highest BCUT2D eigenvalue weighted by Crippen LogP contribution is 2.27. The van der Waals surface area contributed by atoms with Crippen molar-refractivity contribution in [3.8, 4) is 10.6 Å². The summed E-state index contributed by atoms with van der Waals surface area (Å²) in [5.41, 5.74) is 2.74. The minimum absolute atomic E-state index is 0.0893. The third kappa shape index (κ3) is 3.79. The lowest BCUT2D eigenvalue weighted by molar-refractivity contribution is 0.0909. The van der Waals surface area contributed by atoms with Crippen LogP contribution in [0.3, 0.4) is 0 Å². The Bertz CT molecular complexity index is 675. The van der Waals surface area contributed by atoms with E-state index in [9.17, 15) is 9.90 Å². The summed E-state index contributed by atoms with van der Waals surface area (Å²) in [5.74, 6) is 0.309. The first kappa shape index (κ1) is 16.1. The van der Waals surface area contributed by atoms with Gasteiger partial charge in [0.05, 0.1) is 0 Å². The highest BCUT2D eigenvalue weighted by atomic mass is 32.1. The summed E-state index contributed by atoms with van der Waals surface area (Å²) in [7, 11) is 0. The Labute approximate surface area is 140 Å². The smallest absolute Gasteiger partial charge is 0.270 e. The molecule has 1 aliphatic carbocycles. The fourth-order valence-corrected chi connectivity index (χ4v) is 3.95. The Morgan fingerprint density at radius 2 is 2.04 bits per heavy atom. The van der Waals surface area contributed by atoms with Crippen LogP contribution in [0.5, 0.6) is 0 Å². The number of nitrogens with one attached hydrogen (secondary N) is 1. The topological polar surface area (TPSA) is 62.2 Å². The van der Waals surface area contributed by atoms with Gasteiger partial charge >= 0.3 is 0 Å². The van der Waals surface area contributed by atoms with E-state index in [0.29, 0.717) is 11.6 Å². The molecule has 1 saturated carbocycles. The number of benzene rings is 1. The van der Waals surface area contributed by atoms with Crippen LogP contribution in [-0.2, 0) is 0 Å². The Morgan fingerprint density at radius 3 is 2.74 bits per heavy atom. The van der Waals surface area contributed by atoms with Crippen molar-refractivity contribution in [2.24, 2.45) is 5.92 Å². The van der Waals surface area contributed by atoms with Gasteiger partial charge in [0.1, 0.15) is 10.7 Å². The van der Waals surface area contributed by atoms with Crippen molar-refractivity contribution >= 4 is 17.2 Å². The number of aliphatic hydroxyl groups excluding tert-OH is 1. The van der Waals surface area contributed by atoms with Gasteiger partial charge in [-0.3, -0.25) is 4.79 Å². The average molecular weight is 330 g/mol. The summed E-state index contributed by atoms with van der Waals surface area (Å²) in [6.45, 7) is 2.31. The molecule has 2 aromatic rings. The van der Waals surface area contributed by atoms with Crippen molar-refractivity contribution in [2.45, 2.75) is 38.6 Å². The molecule has 0 spiro atoms. The van der Waals surface area contributed by atoms with Crippen molar-refractivity contribution in [1.82, 2.24) is 10.3 Å². The summed E-state index contributed by atoms with van der Waals surface area (Å²) in [6, 6.07) is 8.28. The van der Waals surface area contributed by atoms with Gasteiger partial charge in [0, 0.05) is 23.6 Å². The largest absolute Gasteiger partial charge is 0.396 e. The van der Waals surface area contributed by atoms with Crippen LogP contribution >= 0.6 is 11.3 Å². The van der Waals surface area contributed by atoms with E-state index in [1.807, 2.05) is 23.6 Å². The molecule has 1 fully saturated rings. The summed E-state index contributed by atoms with van der Waals surface area (Å²) in [6.07, 6.45) is 3.83. The molecule has 1 aromatic heterocycles. The van der Waals surface area contributed by atoms with Gasteiger partial charge in [-0.15, -0.1) is 11.3 Å². The number of thiazole rings is 1. The van der Waals surface area contributed by atoms with Crippen LogP contribution in [0.25, 0.3) is 10.6 Å². The molecule has 0 aliphatic heterocycles. The van der Waals surface area contributed by atoms with E-state index in [-0.39, 0.29) is 18.6 Å². The number of aliphatic hydroxyl groups is 1. The standard InChI is InChI=1S/C18H22N2O2S/c1-12-4-2-3-5-15(12)18-20-16(11-23-18)17(22)19-14-8-6-13(10-21)7-9-14/h2-5,11,13-14,21H,6-10H2,1H3,(H,19,22). The predicted molar refractivity (Wildman–Crippen MR) is 92.6 cm³/mol. The van der Waals surface area contributed by atoms with Gasteiger partial charge in [-0.2, -0.15) is 0 Å². The number of rotatable bonds is 4. The van der Waals surface area contributed by atoms with Gasteiger partial charge in [-0.25, -0.2) is 4.98 Å². The van der Waals surface area contributed by atoms with Gasteiger partial charge in [0.15, 0.2) is 0 Å². The molecule has 4 nitrogen and oxygen atoms in total. The lowest BCUT2D eigenvalue weighted by Gasteiger charge is -2.27. The van der Waals surface area contributed by atoms with Crippen molar-refractivity contribution in [3.63, 3.8) is 0 Å². The molecule has 122 valence electrons. The van der Waals surface area contributed by atoms with Crippen LogP contribution < -0.4 is 5.32 Å². The van der Waals surface area contributed by atoms with Crippen LogP contribution in [0, 0.1) is 12.8 Å². The Kier molecular flexibility index (Phi) is 5.08. The highest BCUT2D eigenvalue weighted by Gasteiger charge is 2.23. The molecule has 3 rings (SSSR count). The minimum atomic E-state index is -0.0893. The first-order valence-electron chi connectivity index (χ1n) is 8.10. The van der Waals surface area contributed by atoms with Crippen LogP contribution in [0.2, 0.25) is 0 Å². The molecule has 1 aromatic carbocycles. The number of hydrogen-bond donors (Lipinski definition) is 2. The number of nitrogens with zero attached hydrogens (tertiary/aromatic N) is 1. The third-order valence-corrected chi connectivity index (χ3v) is 5.43. The molecule has 0 bridgehead atoms. The maximum atomic E-state index is 12.4. The lowest BCUT2D eigenvalue weighted by Crippen LogP contribution is -2.38. The zero-order valence-corrected chi connectivity index (χ0v) is 14.1. The Morgan fingerprint density at radius 1 is 1.30 bits per heavy atom. The zero-order valence-electron chi connectivity index (χ0n) is 13.3. The van der Waals surface area contributed by atoms with Gasteiger partial charge in [-0.1, -0.05) is 24.3 Å². The second kappa shape index (κ2) is 7.23. The number of carbonyl (C=O) groups is 1. The molecule has 5 heteroatoms. The van der Waals surface area contributed by atoms with Crippen molar-refractivity contribution < 1.29 is 9.90 Å². The molecule has 0 unspecified atom stereocenters. The van der Waals surface area contributed by atoms with Crippen LogP contribution in [0.4, 0.5) is 0 Å². The third-order valence-electron chi connectivity index (χ3n) is 4.55. The van der Waals surface area contributed by atoms with E-state index in [1.165, 1.54) is 11.3 Å². The number of aryl methyl sites for hydroxylation is 1. The molecule has 0 radical (unpaired) electrons. The molecule has 23 heavy (non-hydrogen) atoms. The van der Waals surface area contributed by atoms with Crippen LogP contribution in [0.1, 0.15) is 41.7 Å². The Hall–Kier alpha value is -1.72. The molecular formula is C18H22N2O2S. The first-order chi connectivity index (χ1) is 11.2. The van der Waals surface area contributed by atoms with Gasteiger partial charge in [-0.05, 0) is 44.1 Å². The van der Waals surface area contributed by atoms with E-state index in [1.54, 1.807) is 0 Å². The SMILES string of the molecule is Cc1ccccc1-c1nc(C(=O)NC2CCC(CO)CC2)cs1. The van der Waals surface area contributed by atoms with E-state index in [0.717, 1.165) is 41.8 Å². The summed E-state index contributed by atoms with van der Waals surface area (Å²) in [4.78, 5) is 16.9. The monoisotopic (exact) mass is 330 g/mol. The molecular weight excluding hydrogens is 308 g/mol. The predicted octanol–water partition coefficient (Wildman–Crippen LogP) is 3.40. The van der Waals surface area contributed by atoms with E-state index in [4.69, 9.17) is 0 Å². The van der Waals surface area contributed by atoms with Gasteiger partial charge in [0.25, 0.3) is 5.91 Å². The van der Waals surface area contributed by atoms with E-state index in [2.05, 4.69) is 23.3 Å². The van der Waals surface area contributed by atoms with Crippen LogP contribution in [0.15, 0.2) is 29.6 Å². The van der Waals surface area contributed by atoms with Crippen LogP contribution in [-0.4, -0.2) is 28.6 Å². The lowest BCUT2D eigenvalue weighted by atomic mass is 9.86. The molecule has 1 amide bonds. The quantitative estimate of drug-likeness (QED) is 0.903. The molecule has 0 atom stereocenters. The molecule has 1 heterocycles. The van der Waals surface area contributed by atoms with Gasteiger partial charge in [0.2, 0.25) is 0 Å². The summed E-state index contributed by atoms with van der Waals surface area (Å²) >= 11 is 1.51.